The van der Waals surface area contributed by atoms with Gasteiger partial charge in [0.2, 0.25) is 5.91 Å². The molecule has 1 aromatic carbocycles. The zero-order chi connectivity index (χ0) is 14.4. The number of amides is 1. The molecule has 2 N–H and O–H groups in total. The van der Waals surface area contributed by atoms with Gasteiger partial charge in [0.05, 0.1) is 13.2 Å². The van der Waals surface area contributed by atoms with Gasteiger partial charge in [-0.25, -0.2) is 4.39 Å². The maximum Gasteiger partial charge on any atom is 0.238 e. The van der Waals surface area contributed by atoms with E-state index in [2.05, 4.69) is 10.6 Å². The average Bonchev–Trinajstić information content (AvgIpc) is 2.88. The van der Waals surface area contributed by atoms with E-state index < -0.39 is 0 Å². The van der Waals surface area contributed by atoms with Crippen molar-refractivity contribution in [3.63, 3.8) is 0 Å². The third kappa shape index (κ3) is 4.00. The molecule has 110 valence electrons. The molecule has 1 aromatic rings. The highest BCUT2D eigenvalue weighted by molar-refractivity contribution is 5.92. The van der Waals surface area contributed by atoms with Crippen LogP contribution in [-0.4, -0.2) is 44.9 Å². The van der Waals surface area contributed by atoms with Crippen LogP contribution in [0.4, 0.5) is 10.1 Å². The number of nitrogens with one attached hydrogen (secondary N) is 2. The Balaban J connectivity index is 1.75. The van der Waals surface area contributed by atoms with Crippen LogP contribution in [0.3, 0.4) is 0 Å². The van der Waals surface area contributed by atoms with Crippen LogP contribution in [0.15, 0.2) is 24.3 Å². The normalized spacial score (nSPS) is 21.9. The molecule has 1 fully saturated rings. The van der Waals surface area contributed by atoms with E-state index in [9.17, 15) is 9.18 Å². The lowest BCUT2D eigenvalue weighted by Gasteiger charge is -2.25. The zero-order valence-electron chi connectivity index (χ0n) is 11.4. The van der Waals surface area contributed by atoms with Crippen molar-refractivity contribution in [3.8, 4) is 0 Å². The Morgan fingerprint density at radius 1 is 1.55 bits per heavy atom. The van der Waals surface area contributed by atoms with Crippen molar-refractivity contribution >= 4 is 11.6 Å². The number of carbonyl (C=O) groups is 1. The third-order valence-corrected chi connectivity index (χ3v) is 3.34. The molecule has 1 saturated heterocycles. The fraction of sp³-hybridized carbons (Fsp3) is 0.500. The molecule has 1 heterocycles. The van der Waals surface area contributed by atoms with E-state index in [1.165, 1.54) is 12.1 Å². The second kappa shape index (κ2) is 6.78. The van der Waals surface area contributed by atoms with Crippen LogP contribution in [0.5, 0.6) is 0 Å². The molecule has 5 nitrogen and oxygen atoms in total. The van der Waals surface area contributed by atoms with Gasteiger partial charge in [-0.2, -0.15) is 0 Å². The number of carbonyl (C=O) groups excluding carboxylic acids is 1. The summed E-state index contributed by atoms with van der Waals surface area (Å²) in [6, 6.07) is 5.80. The molecule has 0 saturated carbocycles. The van der Waals surface area contributed by atoms with Gasteiger partial charge >= 0.3 is 0 Å². The molecule has 2 rings (SSSR count). The van der Waals surface area contributed by atoms with Gasteiger partial charge in [0.15, 0.2) is 0 Å². The summed E-state index contributed by atoms with van der Waals surface area (Å²) in [6.45, 7) is 1.88. The highest BCUT2D eigenvalue weighted by atomic mass is 19.1. The Morgan fingerprint density at radius 2 is 2.40 bits per heavy atom. The van der Waals surface area contributed by atoms with Gasteiger partial charge in [-0.1, -0.05) is 6.07 Å². The predicted molar refractivity (Wildman–Crippen MR) is 73.1 cm³/mol. The summed E-state index contributed by atoms with van der Waals surface area (Å²) in [5, 5.41) is 5.67. The SMILES string of the molecule is COC1(CNCC(=O)Nc2cccc(F)c2)CCOC1. The van der Waals surface area contributed by atoms with Crippen LogP contribution in [-0.2, 0) is 14.3 Å². The second-order valence-corrected chi connectivity index (χ2v) is 4.85. The van der Waals surface area contributed by atoms with Crippen molar-refractivity contribution in [2.24, 2.45) is 0 Å². The minimum absolute atomic E-state index is 0.140. The first-order chi connectivity index (χ1) is 9.63. The summed E-state index contributed by atoms with van der Waals surface area (Å²) in [4.78, 5) is 11.7. The van der Waals surface area contributed by atoms with Crippen molar-refractivity contribution in [2.75, 3.05) is 38.7 Å². The highest BCUT2D eigenvalue weighted by Gasteiger charge is 2.34. The number of methoxy groups -OCH3 is 1. The van der Waals surface area contributed by atoms with Crippen molar-refractivity contribution in [2.45, 2.75) is 12.0 Å². The Labute approximate surface area is 117 Å². The Bertz CT molecular complexity index is 461. The first-order valence-corrected chi connectivity index (χ1v) is 6.53. The summed E-state index contributed by atoms with van der Waals surface area (Å²) < 4.78 is 23.7. The van der Waals surface area contributed by atoms with Crippen molar-refractivity contribution in [1.29, 1.82) is 0 Å². The van der Waals surface area contributed by atoms with E-state index in [1.807, 2.05) is 0 Å². The topological polar surface area (TPSA) is 59.6 Å². The molecule has 1 amide bonds. The fourth-order valence-corrected chi connectivity index (χ4v) is 2.14. The third-order valence-electron chi connectivity index (χ3n) is 3.34. The minimum Gasteiger partial charge on any atom is -0.378 e. The molecular weight excluding hydrogens is 263 g/mol. The molecule has 1 aliphatic rings. The number of ether oxygens (including phenoxy) is 2. The van der Waals surface area contributed by atoms with Crippen LogP contribution in [0.2, 0.25) is 0 Å². The summed E-state index contributed by atoms with van der Waals surface area (Å²) in [5.74, 6) is -0.599. The molecule has 0 aromatic heterocycles. The Morgan fingerprint density at radius 3 is 3.05 bits per heavy atom. The molecule has 0 aliphatic carbocycles. The van der Waals surface area contributed by atoms with Crippen molar-refractivity contribution < 1.29 is 18.7 Å². The largest absolute Gasteiger partial charge is 0.378 e. The molecule has 1 unspecified atom stereocenters. The zero-order valence-corrected chi connectivity index (χ0v) is 11.4. The first kappa shape index (κ1) is 14.9. The summed E-state index contributed by atoms with van der Waals surface area (Å²) in [6.07, 6.45) is 0.808. The van der Waals surface area contributed by atoms with E-state index in [-0.39, 0.29) is 23.9 Å². The number of benzene rings is 1. The van der Waals surface area contributed by atoms with Crippen molar-refractivity contribution in [3.05, 3.63) is 30.1 Å². The van der Waals surface area contributed by atoms with E-state index >= 15 is 0 Å². The molecule has 0 spiro atoms. The number of hydrogen-bond acceptors (Lipinski definition) is 4. The maximum atomic E-state index is 13.0. The smallest absolute Gasteiger partial charge is 0.238 e. The summed E-state index contributed by atoms with van der Waals surface area (Å²) in [7, 11) is 1.64. The van der Waals surface area contributed by atoms with Crippen LogP contribution in [0.1, 0.15) is 6.42 Å². The fourth-order valence-electron chi connectivity index (χ4n) is 2.14. The molecule has 6 heteroatoms. The van der Waals surface area contributed by atoms with Gasteiger partial charge in [0.1, 0.15) is 11.4 Å². The van der Waals surface area contributed by atoms with Crippen LogP contribution >= 0.6 is 0 Å². The Hall–Kier alpha value is -1.50. The first-order valence-electron chi connectivity index (χ1n) is 6.53. The van der Waals surface area contributed by atoms with Gasteiger partial charge in [-0.05, 0) is 18.2 Å². The maximum absolute atomic E-state index is 13.0. The van der Waals surface area contributed by atoms with Gasteiger partial charge in [0, 0.05) is 32.4 Å². The molecule has 0 radical (unpaired) electrons. The van der Waals surface area contributed by atoms with Gasteiger partial charge in [0.25, 0.3) is 0 Å². The molecular formula is C14H19FN2O3. The van der Waals surface area contributed by atoms with Crippen molar-refractivity contribution in [1.82, 2.24) is 5.32 Å². The number of rotatable bonds is 6. The lowest BCUT2D eigenvalue weighted by Crippen LogP contribution is -2.45. The average molecular weight is 282 g/mol. The quantitative estimate of drug-likeness (QED) is 0.822. The monoisotopic (exact) mass is 282 g/mol. The van der Waals surface area contributed by atoms with E-state index in [0.29, 0.717) is 25.4 Å². The molecule has 0 bridgehead atoms. The molecule has 1 atom stereocenters. The van der Waals surface area contributed by atoms with Gasteiger partial charge in [-0.3, -0.25) is 4.79 Å². The van der Waals surface area contributed by atoms with Crippen LogP contribution in [0, 0.1) is 5.82 Å². The Kier molecular flexibility index (Phi) is 5.05. The molecule has 20 heavy (non-hydrogen) atoms. The van der Waals surface area contributed by atoms with E-state index in [0.717, 1.165) is 6.42 Å². The summed E-state index contributed by atoms with van der Waals surface area (Å²) in [5.41, 5.74) is 0.0986. The predicted octanol–water partition coefficient (Wildman–Crippen LogP) is 1.16. The second-order valence-electron chi connectivity index (χ2n) is 4.85. The van der Waals surface area contributed by atoms with Gasteiger partial charge < -0.3 is 20.1 Å². The number of anilines is 1. The number of halogens is 1. The molecule has 1 aliphatic heterocycles. The highest BCUT2D eigenvalue weighted by Crippen LogP contribution is 2.21. The summed E-state index contributed by atoms with van der Waals surface area (Å²) >= 11 is 0. The number of hydrogen-bond donors (Lipinski definition) is 2. The minimum atomic E-state index is -0.378. The van der Waals surface area contributed by atoms with Crippen LogP contribution in [0.25, 0.3) is 0 Å². The lowest BCUT2D eigenvalue weighted by atomic mass is 10.0. The van der Waals surface area contributed by atoms with E-state index in [1.54, 1.807) is 19.2 Å². The van der Waals surface area contributed by atoms with Gasteiger partial charge in [-0.15, -0.1) is 0 Å². The van der Waals surface area contributed by atoms with E-state index in [4.69, 9.17) is 9.47 Å². The van der Waals surface area contributed by atoms with Crippen LogP contribution < -0.4 is 10.6 Å². The standard InChI is InChI=1S/C14H19FN2O3/c1-19-14(5-6-20-10-14)9-16-8-13(18)17-12-4-2-3-11(15)7-12/h2-4,7,16H,5-6,8-10H2,1H3,(H,17,18). The lowest BCUT2D eigenvalue weighted by molar-refractivity contribution is -0.115.